The number of amides is 1. The molecule has 2 aromatic rings. The zero-order valence-corrected chi connectivity index (χ0v) is 18.8. The number of para-hydroxylation sites is 1. The van der Waals surface area contributed by atoms with Gasteiger partial charge in [-0.05, 0) is 38.3 Å². The molecule has 2 aliphatic rings. The van der Waals surface area contributed by atoms with Gasteiger partial charge in [-0.1, -0.05) is 35.5 Å². The van der Waals surface area contributed by atoms with E-state index < -0.39 is 15.1 Å². The van der Waals surface area contributed by atoms with Crippen molar-refractivity contribution in [3.8, 4) is 5.75 Å². The highest BCUT2D eigenvalue weighted by atomic mass is 35.5. The van der Waals surface area contributed by atoms with E-state index in [1.165, 1.54) is 11.8 Å². The molecule has 2 unspecified atom stereocenters. The van der Waals surface area contributed by atoms with E-state index in [0.717, 1.165) is 12.8 Å². The van der Waals surface area contributed by atoms with Crippen LogP contribution >= 0.6 is 23.4 Å². The third-order valence-electron chi connectivity index (χ3n) is 5.07. The van der Waals surface area contributed by atoms with Crippen molar-refractivity contribution in [1.82, 2.24) is 20.1 Å². The number of carbonyl (C=O) groups excluding carboxylic acids is 1. The summed E-state index contributed by atoms with van der Waals surface area (Å²) < 4.78 is 31.0. The van der Waals surface area contributed by atoms with Crippen LogP contribution in [0.3, 0.4) is 0 Å². The van der Waals surface area contributed by atoms with Crippen LogP contribution in [0.2, 0.25) is 5.02 Å². The minimum Gasteiger partial charge on any atom is -0.484 e. The number of nitrogens with one attached hydrogen (secondary N) is 1. The third-order valence-corrected chi connectivity index (χ3v) is 8.21. The van der Waals surface area contributed by atoms with E-state index in [9.17, 15) is 13.2 Å². The number of halogens is 1. The van der Waals surface area contributed by atoms with E-state index in [2.05, 4.69) is 15.5 Å². The quantitative estimate of drug-likeness (QED) is 0.591. The lowest BCUT2D eigenvalue weighted by molar-refractivity contribution is -0.120. The van der Waals surface area contributed by atoms with E-state index in [1.54, 1.807) is 19.1 Å². The summed E-state index contributed by atoms with van der Waals surface area (Å²) in [6.07, 6.45) is 2.53. The molecule has 1 aliphatic carbocycles. The Morgan fingerprint density at radius 3 is 2.77 bits per heavy atom. The lowest BCUT2D eigenvalue weighted by Crippen LogP contribution is -2.40. The molecule has 8 nitrogen and oxygen atoms in total. The molecule has 1 saturated heterocycles. The van der Waals surface area contributed by atoms with Gasteiger partial charge in [0.25, 0.3) is 0 Å². The van der Waals surface area contributed by atoms with Gasteiger partial charge in [0.2, 0.25) is 5.91 Å². The monoisotopic (exact) mass is 470 g/mol. The molecule has 2 atom stereocenters. The number of sulfone groups is 1. The molecule has 0 spiro atoms. The zero-order valence-electron chi connectivity index (χ0n) is 16.5. The molecule has 162 valence electrons. The molecule has 4 rings (SSSR count). The summed E-state index contributed by atoms with van der Waals surface area (Å²) >= 11 is 7.47. The van der Waals surface area contributed by atoms with Gasteiger partial charge >= 0.3 is 0 Å². The number of ether oxygens (including phenoxy) is 1. The molecule has 0 bridgehead atoms. The minimum absolute atomic E-state index is 0.0118. The Balaban J connectivity index is 1.40. The van der Waals surface area contributed by atoms with E-state index in [4.69, 9.17) is 16.3 Å². The van der Waals surface area contributed by atoms with E-state index in [-0.39, 0.29) is 30.1 Å². The van der Waals surface area contributed by atoms with Gasteiger partial charge in [-0.3, -0.25) is 9.36 Å². The summed E-state index contributed by atoms with van der Waals surface area (Å²) in [7, 11) is -3.04. The second kappa shape index (κ2) is 8.76. The van der Waals surface area contributed by atoms with Crippen LogP contribution in [0.1, 0.15) is 38.1 Å². The number of hydrogen-bond donors (Lipinski definition) is 1. The Morgan fingerprint density at radius 1 is 1.33 bits per heavy atom. The lowest BCUT2D eigenvalue weighted by atomic mass is 10.2. The number of rotatable bonds is 8. The molecular formula is C19H23ClN4O4S2. The summed E-state index contributed by atoms with van der Waals surface area (Å²) in [5.74, 6) is 1.22. The smallest absolute Gasteiger partial charge is 0.233 e. The first-order valence-corrected chi connectivity index (χ1v) is 12.9. The molecule has 1 aromatic heterocycles. The summed E-state index contributed by atoms with van der Waals surface area (Å²) in [5.41, 5.74) is 0. The maximum atomic E-state index is 12.5. The van der Waals surface area contributed by atoms with Crippen molar-refractivity contribution in [3.63, 3.8) is 0 Å². The Labute approximate surface area is 184 Å². The van der Waals surface area contributed by atoms with Crippen LogP contribution in [-0.2, 0) is 21.2 Å². The van der Waals surface area contributed by atoms with Crippen molar-refractivity contribution in [1.29, 1.82) is 0 Å². The van der Waals surface area contributed by atoms with Gasteiger partial charge in [0.15, 0.2) is 20.8 Å². The standard InChI is InChI=1S/C19H23ClN4O4S2/c1-12(18(25)21-13-8-9-30(26,27)11-13)29-19-23-22-17(24(19)14-6-7-14)10-28-16-5-3-2-4-15(16)20/h2-5,12-14H,6-11H2,1H3,(H,21,25). The van der Waals surface area contributed by atoms with E-state index in [0.29, 0.717) is 34.2 Å². The molecule has 0 radical (unpaired) electrons. The topological polar surface area (TPSA) is 103 Å². The first-order valence-electron chi connectivity index (χ1n) is 9.81. The maximum Gasteiger partial charge on any atom is 0.233 e. The van der Waals surface area contributed by atoms with Crippen LogP contribution in [0.15, 0.2) is 29.4 Å². The number of benzene rings is 1. The molecule has 2 heterocycles. The molecule has 1 saturated carbocycles. The van der Waals surface area contributed by atoms with Gasteiger partial charge in [-0.2, -0.15) is 0 Å². The normalized spacial score (nSPS) is 21.3. The van der Waals surface area contributed by atoms with Crippen molar-refractivity contribution >= 4 is 39.1 Å². The summed E-state index contributed by atoms with van der Waals surface area (Å²) in [6.45, 7) is 2.02. The predicted octanol–water partition coefficient (Wildman–Crippen LogP) is 2.63. The van der Waals surface area contributed by atoms with Gasteiger partial charge in [-0.25, -0.2) is 8.42 Å². The van der Waals surface area contributed by atoms with Crippen LogP contribution in [0.4, 0.5) is 0 Å². The number of carbonyl (C=O) groups is 1. The first kappa shape index (κ1) is 21.5. The van der Waals surface area contributed by atoms with Crippen LogP contribution in [-0.4, -0.2) is 51.9 Å². The van der Waals surface area contributed by atoms with Crippen molar-refractivity contribution < 1.29 is 17.9 Å². The zero-order chi connectivity index (χ0) is 21.3. The van der Waals surface area contributed by atoms with Crippen LogP contribution in [0.5, 0.6) is 5.75 Å². The molecule has 1 aromatic carbocycles. The Bertz CT molecular complexity index is 1040. The van der Waals surface area contributed by atoms with Gasteiger partial charge in [0, 0.05) is 12.1 Å². The van der Waals surface area contributed by atoms with Crippen LogP contribution < -0.4 is 10.1 Å². The number of hydrogen-bond acceptors (Lipinski definition) is 7. The minimum atomic E-state index is -3.04. The highest BCUT2D eigenvalue weighted by molar-refractivity contribution is 8.00. The number of nitrogens with zero attached hydrogens (tertiary/aromatic N) is 3. The molecule has 1 N–H and O–H groups in total. The van der Waals surface area contributed by atoms with Crippen LogP contribution in [0.25, 0.3) is 0 Å². The predicted molar refractivity (Wildman–Crippen MR) is 115 cm³/mol. The van der Waals surface area contributed by atoms with Crippen molar-refractivity contribution in [2.45, 2.75) is 55.3 Å². The SMILES string of the molecule is CC(Sc1nnc(COc2ccccc2Cl)n1C1CC1)C(=O)NC1CCS(=O)(=O)C1. The average molecular weight is 471 g/mol. The molecule has 30 heavy (non-hydrogen) atoms. The highest BCUT2D eigenvalue weighted by Gasteiger charge is 2.33. The van der Waals surface area contributed by atoms with E-state index in [1.807, 2.05) is 16.7 Å². The van der Waals surface area contributed by atoms with Crippen LogP contribution in [0, 0.1) is 0 Å². The largest absolute Gasteiger partial charge is 0.484 e. The van der Waals surface area contributed by atoms with Crippen molar-refractivity contribution in [2.24, 2.45) is 0 Å². The second-order valence-corrected chi connectivity index (χ2v) is 11.5. The maximum absolute atomic E-state index is 12.5. The van der Waals surface area contributed by atoms with Crippen molar-refractivity contribution in [2.75, 3.05) is 11.5 Å². The third kappa shape index (κ3) is 5.09. The number of thioether (sulfide) groups is 1. The van der Waals surface area contributed by atoms with Gasteiger partial charge in [0.05, 0.1) is 21.8 Å². The fourth-order valence-electron chi connectivity index (χ4n) is 3.33. The average Bonchev–Trinajstić information content (AvgIpc) is 3.37. The molecule has 11 heteroatoms. The first-order chi connectivity index (χ1) is 14.3. The summed E-state index contributed by atoms with van der Waals surface area (Å²) in [4.78, 5) is 12.5. The Hall–Kier alpha value is -1.78. The molecule has 1 aliphatic heterocycles. The lowest BCUT2D eigenvalue weighted by Gasteiger charge is -2.16. The highest BCUT2D eigenvalue weighted by Crippen LogP contribution is 2.39. The number of aromatic nitrogens is 3. The van der Waals surface area contributed by atoms with Crippen molar-refractivity contribution in [3.05, 3.63) is 35.1 Å². The fraction of sp³-hybridized carbons (Fsp3) is 0.526. The Morgan fingerprint density at radius 2 is 2.10 bits per heavy atom. The Kier molecular flexibility index (Phi) is 6.26. The molecule has 1 amide bonds. The van der Waals surface area contributed by atoms with Gasteiger partial charge in [0.1, 0.15) is 12.4 Å². The summed E-state index contributed by atoms with van der Waals surface area (Å²) in [6, 6.07) is 7.24. The second-order valence-electron chi connectivity index (χ2n) is 7.59. The fourth-order valence-corrected chi connectivity index (χ4v) is 6.14. The van der Waals surface area contributed by atoms with E-state index >= 15 is 0 Å². The van der Waals surface area contributed by atoms with Gasteiger partial charge < -0.3 is 10.1 Å². The molecule has 2 fully saturated rings. The summed E-state index contributed by atoms with van der Waals surface area (Å²) in [5, 5.41) is 12.2. The van der Waals surface area contributed by atoms with Gasteiger partial charge in [-0.15, -0.1) is 10.2 Å². The molecular weight excluding hydrogens is 448 g/mol.